The highest BCUT2D eigenvalue weighted by Crippen LogP contribution is 2.36. The Kier molecular flexibility index (Phi) is 25.1. The van der Waals surface area contributed by atoms with Crippen LogP contribution < -0.4 is 4.90 Å². The fraction of sp³-hybridized carbons (Fsp3) is 0.161. The molecule has 416 valence electrons. The lowest BCUT2D eigenvalue weighted by atomic mass is 9.94. The Hall–Kier alpha value is -6.75. The Morgan fingerprint density at radius 1 is 0.487 bits per heavy atom. The van der Waals surface area contributed by atoms with Gasteiger partial charge in [0.1, 0.15) is 6.54 Å². The average molecular weight is 1210 g/mol. The quantitative estimate of drug-likeness (QED) is 0.0595. The summed E-state index contributed by atoms with van der Waals surface area (Å²) in [5.41, 5.74) is 10.3. The van der Waals surface area contributed by atoms with E-state index in [9.17, 15) is 27.6 Å². The highest BCUT2D eigenvalue weighted by Gasteiger charge is 2.17. The molecule has 0 amide bonds. The van der Waals surface area contributed by atoms with Gasteiger partial charge >= 0.3 is 23.9 Å². The van der Waals surface area contributed by atoms with Crippen molar-refractivity contribution in [2.75, 3.05) is 35.8 Å². The first-order valence-electron chi connectivity index (χ1n) is 24.6. The minimum Gasteiger partial charge on any atom is -0.481 e. The zero-order valence-electron chi connectivity index (χ0n) is 43.9. The number of sulfone groups is 1. The van der Waals surface area contributed by atoms with E-state index in [0.29, 0.717) is 31.2 Å². The van der Waals surface area contributed by atoms with Crippen LogP contribution in [0.2, 0.25) is 20.1 Å². The number of aryl methyl sites for hydroxylation is 1. The fourth-order valence-corrected chi connectivity index (χ4v) is 11.1. The van der Waals surface area contributed by atoms with Crippen molar-refractivity contribution in [3.8, 4) is 44.5 Å². The number of hydrogen-bond donors (Lipinski definition) is 4. The second kappa shape index (κ2) is 31.3. The highest BCUT2D eigenvalue weighted by atomic mass is 35.5. The summed E-state index contributed by atoms with van der Waals surface area (Å²) in [5, 5.41) is 38.0. The Morgan fingerprint density at radius 3 is 1.46 bits per heavy atom. The molecule has 0 bridgehead atoms. The van der Waals surface area contributed by atoms with E-state index in [1.165, 1.54) is 16.7 Å². The zero-order valence-corrected chi connectivity index (χ0v) is 49.4. The third-order valence-corrected chi connectivity index (χ3v) is 16.4. The van der Waals surface area contributed by atoms with Crippen LogP contribution in [0.4, 0.5) is 5.69 Å². The van der Waals surface area contributed by atoms with Gasteiger partial charge in [0.05, 0.1) is 29.2 Å². The summed E-state index contributed by atoms with van der Waals surface area (Å²) >= 11 is 27.2. The van der Waals surface area contributed by atoms with Crippen molar-refractivity contribution in [1.29, 1.82) is 0 Å². The van der Waals surface area contributed by atoms with Crippen LogP contribution in [0.15, 0.2) is 191 Å². The maximum Gasteiger partial charge on any atom is 0.323 e. The van der Waals surface area contributed by atoms with Gasteiger partial charge in [-0.3, -0.25) is 19.2 Å². The smallest absolute Gasteiger partial charge is 0.323 e. The molecule has 0 aliphatic rings. The molecule has 0 spiro atoms. The molecule has 8 aromatic rings. The van der Waals surface area contributed by atoms with Gasteiger partial charge in [-0.25, -0.2) is 8.42 Å². The van der Waals surface area contributed by atoms with Crippen LogP contribution in [-0.4, -0.2) is 83.6 Å². The van der Waals surface area contributed by atoms with Crippen LogP contribution in [-0.2, 0) is 41.9 Å². The first-order chi connectivity index (χ1) is 38.1. The van der Waals surface area contributed by atoms with Gasteiger partial charge in [-0.15, -0.1) is 23.5 Å². The molecule has 0 heterocycles. The first-order valence-corrected chi connectivity index (χ1v) is 29.8. The molecule has 0 saturated heterocycles. The highest BCUT2D eigenvalue weighted by molar-refractivity contribution is 8.00. The van der Waals surface area contributed by atoms with E-state index in [4.69, 9.17) is 66.8 Å². The van der Waals surface area contributed by atoms with E-state index in [1.807, 2.05) is 84.9 Å². The molecule has 0 fully saturated rings. The third kappa shape index (κ3) is 19.8. The Morgan fingerprint density at radius 2 is 0.963 bits per heavy atom. The van der Waals surface area contributed by atoms with Gasteiger partial charge in [0.25, 0.3) is 0 Å². The van der Waals surface area contributed by atoms with Crippen LogP contribution >= 0.6 is 69.9 Å². The number of hydrogen-bond acceptors (Lipinski definition) is 9. The molecule has 18 heteroatoms. The summed E-state index contributed by atoms with van der Waals surface area (Å²) in [6, 6.07) is 53.9. The maximum absolute atomic E-state index is 12.0. The number of benzene rings is 8. The van der Waals surface area contributed by atoms with Crippen molar-refractivity contribution < 1.29 is 48.0 Å². The Labute approximate surface area is 495 Å². The van der Waals surface area contributed by atoms with Crippen molar-refractivity contribution in [3.63, 3.8) is 0 Å². The summed E-state index contributed by atoms with van der Waals surface area (Å²) < 4.78 is 23.9. The summed E-state index contributed by atoms with van der Waals surface area (Å²) in [7, 11) is -1.52. The molecule has 4 N–H and O–H groups in total. The fourth-order valence-electron chi connectivity index (χ4n) is 8.04. The average Bonchev–Trinajstić information content (AvgIpc) is 3.44. The number of carbonyl (C=O) groups is 4. The molecule has 8 rings (SSSR count). The number of aliphatic carboxylic acids is 4. The predicted molar refractivity (Wildman–Crippen MR) is 328 cm³/mol. The topological polar surface area (TPSA) is 187 Å². The van der Waals surface area contributed by atoms with Gasteiger partial charge in [0.2, 0.25) is 0 Å². The second-order valence-electron chi connectivity index (χ2n) is 17.5. The summed E-state index contributed by atoms with van der Waals surface area (Å²) in [6.07, 6.45) is -0.123. The molecule has 0 radical (unpaired) electrons. The molecule has 0 aromatic heterocycles. The Balaban J connectivity index is 0.000000197. The van der Waals surface area contributed by atoms with Crippen LogP contribution in [0.5, 0.6) is 0 Å². The van der Waals surface area contributed by atoms with Crippen LogP contribution in [0, 0.1) is 6.92 Å². The number of halogens is 4. The van der Waals surface area contributed by atoms with Gasteiger partial charge in [-0.1, -0.05) is 151 Å². The maximum atomic E-state index is 12.0. The second-order valence-corrected chi connectivity index (χ2v) is 23.9. The zero-order chi connectivity index (χ0) is 58.5. The van der Waals surface area contributed by atoms with Gasteiger partial charge in [0.15, 0.2) is 9.84 Å². The van der Waals surface area contributed by atoms with Crippen molar-refractivity contribution in [3.05, 3.63) is 213 Å². The van der Waals surface area contributed by atoms with E-state index in [-0.39, 0.29) is 35.8 Å². The largest absolute Gasteiger partial charge is 0.481 e. The predicted octanol–water partition coefficient (Wildman–Crippen LogP) is 16.2. The minimum absolute atomic E-state index is 0.00139. The van der Waals surface area contributed by atoms with Gasteiger partial charge in [-0.05, 0) is 153 Å². The molecule has 0 aliphatic carbocycles. The van der Waals surface area contributed by atoms with Crippen LogP contribution in [0.3, 0.4) is 0 Å². The van der Waals surface area contributed by atoms with Crippen molar-refractivity contribution >= 4 is 109 Å². The number of likely N-dealkylation sites (N-methyl/N-ethyl adjacent to an activating group) is 1. The molecular formula is C62H57Cl4NO10S3. The number of carboxylic acid groups (broad SMARTS) is 4. The van der Waals surface area contributed by atoms with Crippen molar-refractivity contribution in [2.45, 2.75) is 48.3 Å². The summed E-state index contributed by atoms with van der Waals surface area (Å²) in [4.78, 5) is 47.5. The van der Waals surface area contributed by atoms with Gasteiger partial charge in [0, 0.05) is 48.2 Å². The third-order valence-electron chi connectivity index (χ3n) is 11.7. The normalized spacial score (nSPS) is 10.7. The van der Waals surface area contributed by atoms with Crippen LogP contribution in [0.25, 0.3) is 44.5 Å². The lowest BCUT2D eigenvalue weighted by molar-refractivity contribution is -0.137. The molecule has 0 aliphatic heterocycles. The van der Waals surface area contributed by atoms with Crippen molar-refractivity contribution in [1.82, 2.24) is 0 Å². The molecule has 0 unspecified atom stereocenters. The van der Waals surface area contributed by atoms with Crippen molar-refractivity contribution in [2.24, 2.45) is 0 Å². The number of carboxylic acids is 4. The minimum atomic E-state index is -3.28. The van der Waals surface area contributed by atoms with E-state index in [2.05, 4.69) is 31.2 Å². The van der Waals surface area contributed by atoms with Gasteiger partial charge < -0.3 is 25.3 Å². The van der Waals surface area contributed by atoms with E-state index < -0.39 is 33.7 Å². The summed E-state index contributed by atoms with van der Waals surface area (Å²) in [6.45, 7) is 5.47. The Bertz CT molecular complexity index is 3530. The molecule has 80 heavy (non-hydrogen) atoms. The molecule has 8 aromatic carbocycles. The lowest BCUT2D eigenvalue weighted by Gasteiger charge is -2.21. The van der Waals surface area contributed by atoms with Gasteiger partial charge in [-0.2, -0.15) is 0 Å². The standard InChI is InChI=1S/C17H17ClO4S.C16H15ClO2S2.C15H14ClNO2.C14H11ClO2/c1-3-23(21,22)14-6-7-15(11(2)8-14)16-10-13(18)5-4-12(16)9-17(19)20;1-2-20-13-6-3-11(4-7-13)14-9-12(17)5-8-15(14)21-10-16(18)19;1-17(10-15(18)19)14-8-7-12(16)9-13(14)11-5-3-2-4-6-11;15-12-7-6-11(8-14(16)17)13(9-12)10-4-2-1-3-5-10/h4-8,10H,3,9H2,1-2H3,(H,19,20);3-9H,2,10H2,1H3,(H,18,19);2-9H,10H2,1H3,(H,18,19);1-7,9H,8H2,(H,16,17). The SMILES string of the molecule is CCS(=O)(=O)c1ccc(-c2cc(Cl)ccc2CC(=O)O)c(C)c1.CCSc1ccc(-c2cc(Cl)ccc2SCC(=O)O)cc1.CN(CC(=O)O)c1ccc(Cl)cc1-c1ccccc1.O=C(O)Cc1ccc(Cl)cc1-c1ccccc1. The number of thioether (sulfide) groups is 2. The summed E-state index contributed by atoms with van der Waals surface area (Å²) in [5.74, 6) is -2.35. The monoisotopic (exact) mass is 1210 g/mol. The molecule has 0 saturated carbocycles. The number of anilines is 1. The molecule has 11 nitrogen and oxygen atoms in total. The first kappa shape index (κ1) is 64.1. The van der Waals surface area contributed by atoms with Crippen LogP contribution in [0.1, 0.15) is 30.5 Å². The molecule has 0 atom stereocenters. The number of nitrogens with zero attached hydrogens (tertiary/aromatic N) is 1. The van der Waals surface area contributed by atoms with E-state index >= 15 is 0 Å². The number of rotatable bonds is 18. The van der Waals surface area contributed by atoms with E-state index in [1.54, 1.807) is 104 Å². The van der Waals surface area contributed by atoms with E-state index in [0.717, 1.165) is 66.4 Å². The molecular weight excluding hydrogens is 1160 g/mol. The lowest BCUT2D eigenvalue weighted by Crippen LogP contribution is -2.25.